The van der Waals surface area contributed by atoms with Gasteiger partial charge in [0.15, 0.2) is 0 Å². The molecule has 2 rings (SSSR count). The molecule has 4 heteroatoms. The van der Waals surface area contributed by atoms with E-state index in [1.807, 2.05) is 36.4 Å². The van der Waals surface area contributed by atoms with E-state index >= 15 is 0 Å². The maximum Gasteiger partial charge on any atom is 0.247 e. The summed E-state index contributed by atoms with van der Waals surface area (Å²) in [6, 6.07) is 11.7. The molecule has 2 aromatic rings. The minimum absolute atomic E-state index is 0.162. The fraction of sp³-hybridized carbons (Fsp3) is 0.214. The van der Waals surface area contributed by atoms with E-state index in [1.165, 1.54) is 7.11 Å². The van der Waals surface area contributed by atoms with Crippen LogP contribution in [0.2, 0.25) is 0 Å². The maximum absolute atomic E-state index is 11.4. The van der Waals surface area contributed by atoms with Crippen LogP contribution in [0.5, 0.6) is 5.75 Å². The summed E-state index contributed by atoms with van der Waals surface area (Å²) in [4.78, 5) is 16.0. The zero-order valence-corrected chi connectivity index (χ0v) is 10.4. The molecule has 0 aromatic heterocycles. The molecule has 0 aliphatic rings. The summed E-state index contributed by atoms with van der Waals surface area (Å²) in [6.07, 6.45) is 0.301. The van der Waals surface area contributed by atoms with E-state index < -0.39 is 0 Å². The highest BCUT2D eigenvalue weighted by molar-refractivity contribution is 5.86. The van der Waals surface area contributed by atoms with E-state index in [0.29, 0.717) is 6.42 Å². The number of nitrogens with one attached hydrogen (secondary N) is 1. The van der Waals surface area contributed by atoms with Crippen LogP contribution in [0.15, 0.2) is 36.4 Å². The maximum atomic E-state index is 11.4. The van der Waals surface area contributed by atoms with E-state index in [1.54, 1.807) is 7.11 Å². The Morgan fingerprint density at radius 2 is 1.83 bits per heavy atom. The van der Waals surface area contributed by atoms with Crippen LogP contribution < -0.4 is 10.2 Å². The van der Waals surface area contributed by atoms with Crippen molar-refractivity contribution in [3.8, 4) is 5.75 Å². The molecule has 0 unspecified atom stereocenters. The van der Waals surface area contributed by atoms with E-state index in [-0.39, 0.29) is 5.91 Å². The van der Waals surface area contributed by atoms with Gasteiger partial charge in [0.25, 0.3) is 0 Å². The first-order chi connectivity index (χ1) is 8.72. The summed E-state index contributed by atoms with van der Waals surface area (Å²) in [5.74, 6) is 0.665. The lowest BCUT2D eigenvalue weighted by molar-refractivity contribution is -0.130. The molecular weight excluding hydrogens is 230 g/mol. The minimum Gasteiger partial charge on any atom is -0.497 e. The van der Waals surface area contributed by atoms with Gasteiger partial charge in [-0.1, -0.05) is 24.3 Å². The number of hydrogen-bond donors (Lipinski definition) is 1. The molecule has 2 aromatic carbocycles. The number of benzene rings is 2. The molecule has 94 valence electrons. The molecule has 0 saturated carbocycles. The number of hydroxylamine groups is 1. The molecule has 0 aliphatic heterocycles. The molecule has 0 fully saturated rings. The molecule has 0 aliphatic carbocycles. The van der Waals surface area contributed by atoms with Crippen LogP contribution in [0.3, 0.4) is 0 Å². The third-order valence-electron chi connectivity index (χ3n) is 2.69. The van der Waals surface area contributed by atoms with E-state index in [9.17, 15) is 4.79 Å². The summed E-state index contributed by atoms with van der Waals surface area (Å²) < 4.78 is 5.17. The number of carbonyl (C=O) groups excluding carboxylic acids is 1. The third-order valence-corrected chi connectivity index (χ3v) is 2.69. The van der Waals surface area contributed by atoms with Crippen molar-refractivity contribution in [2.24, 2.45) is 0 Å². The van der Waals surface area contributed by atoms with Crippen LogP contribution in [0.1, 0.15) is 5.56 Å². The normalized spacial score (nSPS) is 10.3. The molecular formula is C14H15NO3. The second-order valence-electron chi connectivity index (χ2n) is 3.95. The molecule has 0 atom stereocenters. The second kappa shape index (κ2) is 5.51. The SMILES string of the molecule is CONC(=O)Cc1ccc2cc(OC)ccc2c1. The van der Waals surface area contributed by atoms with Crippen molar-refractivity contribution >= 4 is 16.7 Å². The average molecular weight is 245 g/mol. The van der Waals surface area contributed by atoms with Crippen molar-refractivity contribution in [2.75, 3.05) is 14.2 Å². The van der Waals surface area contributed by atoms with Crippen molar-refractivity contribution in [3.05, 3.63) is 42.0 Å². The molecule has 0 radical (unpaired) electrons. The number of carbonyl (C=O) groups is 1. The Morgan fingerprint density at radius 3 is 2.56 bits per heavy atom. The Kier molecular flexibility index (Phi) is 3.79. The van der Waals surface area contributed by atoms with Crippen LogP contribution in [0.25, 0.3) is 10.8 Å². The molecule has 0 spiro atoms. The van der Waals surface area contributed by atoms with E-state index in [0.717, 1.165) is 22.1 Å². The van der Waals surface area contributed by atoms with Gasteiger partial charge < -0.3 is 4.74 Å². The standard InChI is InChI=1S/C14H15NO3/c1-17-13-6-5-11-7-10(3-4-12(11)9-13)8-14(16)15-18-2/h3-7,9H,8H2,1-2H3,(H,15,16). The van der Waals surface area contributed by atoms with Crippen molar-refractivity contribution in [3.63, 3.8) is 0 Å². The summed E-state index contributed by atoms with van der Waals surface area (Å²) >= 11 is 0. The number of ether oxygens (including phenoxy) is 1. The zero-order chi connectivity index (χ0) is 13.0. The number of methoxy groups -OCH3 is 1. The summed E-state index contributed by atoms with van der Waals surface area (Å²) in [5, 5.41) is 2.17. The van der Waals surface area contributed by atoms with Crippen molar-refractivity contribution in [1.82, 2.24) is 5.48 Å². The monoisotopic (exact) mass is 245 g/mol. The van der Waals surface area contributed by atoms with Gasteiger partial charge in [0.2, 0.25) is 5.91 Å². The predicted octanol–water partition coefficient (Wildman–Crippen LogP) is 2.07. The lowest BCUT2D eigenvalue weighted by atomic mass is 10.0. The predicted molar refractivity (Wildman–Crippen MR) is 69.4 cm³/mol. The quantitative estimate of drug-likeness (QED) is 0.839. The first-order valence-corrected chi connectivity index (χ1v) is 5.61. The number of amides is 1. The molecule has 0 heterocycles. The topological polar surface area (TPSA) is 47.6 Å². The Hall–Kier alpha value is -2.07. The number of fused-ring (bicyclic) bond motifs is 1. The lowest BCUT2D eigenvalue weighted by Crippen LogP contribution is -2.23. The van der Waals surface area contributed by atoms with E-state index in [4.69, 9.17) is 4.74 Å². The first-order valence-electron chi connectivity index (χ1n) is 5.61. The van der Waals surface area contributed by atoms with Gasteiger partial charge >= 0.3 is 0 Å². The van der Waals surface area contributed by atoms with Crippen LogP contribution in [-0.4, -0.2) is 20.1 Å². The van der Waals surface area contributed by atoms with Crippen LogP contribution in [0.4, 0.5) is 0 Å². The van der Waals surface area contributed by atoms with Crippen LogP contribution in [0, 0.1) is 0 Å². The fourth-order valence-corrected chi connectivity index (χ4v) is 1.85. The molecule has 0 saturated heterocycles. The Labute approximate surface area is 105 Å². The smallest absolute Gasteiger partial charge is 0.247 e. The van der Waals surface area contributed by atoms with Gasteiger partial charge in [-0.05, 0) is 28.5 Å². The van der Waals surface area contributed by atoms with Crippen molar-refractivity contribution in [2.45, 2.75) is 6.42 Å². The summed E-state index contributed by atoms with van der Waals surface area (Å²) in [6.45, 7) is 0. The highest BCUT2D eigenvalue weighted by Gasteiger charge is 2.04. The molecule has 1 amide bonds. The molecule has 4 nitrogen and oxygen atoms in total. The Morgan fingerprint density at radius 1 is 1.11 bits per heavy atom. The van der Waals surface area contributed by atoms with Gasteiger partial charge in [-0.2, -0.15) is 0 Å². The minimum atomic E-state index is -0.162. The summed E-state index contributed by atoms with van der Waals surface area (Å²) in [7, 11) is 3.06. The van der Waals surface area contributed by atoms with Gasteiger partial charge in [-0.3, -0.25) is 9.63 Å². The number of rotatable bonds is 4. The third kappa shape index (κ3) is 2.78. The van der Waals surface area contributed by atoms with Gasteiger partial charge in [-0.25, -0.2) is 5.48 Å². The first kappa shape index (κ1) is 12.4. The molecule has 18 heavy (non-hydrogen) atoms. The summed E-state index contributed by atoms with van der Waals surface area (Å²) in [5.41, 5.74) is 3.25. The second-order valence-corrected chi connectivity index (χ2v) is 3.95. The van der Waals surface area contributed by atoms with Gasteiger partial charge in [0.05, 0.1) is 20.6 Å². The zero-order valence-electron chi connectivity index (χ0n) is 10.4. The van der Waals surface area contributed by atoms with Crippen molar-refractivity contribution in [1.29, 1.82) is 0 Å². The largest absolute Gasteiger partial charge is 0.497 e. The molecule has 1 N–H and O–H groups in total. The van der Waals surface area contributed by atoms with Crippen LogP contribution in [-0.2, 0) is 16.1 Å². The number of hydrogen-bond acceptors (Lipinski definition) is 3. The van der Waals surface area contributed by atoms with E-state index in [2.05, 4.69) is 10.3 Å². The van der Waals surface area contributed by atoms with Crippen LogP contribution >= 0.6 is 0 Å². The van der Waals surface area contributed by atoms with Crippen molar-refractivity contribution < 1.29 is 14.4 Å². The Bertz CT molecular complexity index is 566. The fourth-order valence-electron chi connectivity index (χ4n) is 1.85. The van der Waals surface area contributed by atoms with Gasteiger partial charge in [0.1, 0.15) is 5.75 Å². The average Bonchev–Trinajstić information content (AvgIpc) is 2.38. The highest BCUT2D eigenvalue weighted by atomic mass is 16.6. The molecule has 0 bridgehead atoms. The van der Waals surface area contributed by atoms with Gasteiger partial charge in [-0.15, -0.1) is 0 Å². The Balaban J connectivity index is 2.25. The van der Waals surface area contributed by atoms with Gasteiger partial charge in [0, 0.05) is 0 Å². The highest BCUT2D eigenvalue weighted by Crippen LogP contribution is 2.21. The lowest BCUT2D eigenvalue weighted by Gasteiger charge is -2.06.